The fourth-order valence-electron chi connectivity index (χ4n) is 4.12. The van der Waals surface area contributed by atoms with Gasteiger partial charge in [0, 0.05) is 51.8 Å². The SMILES string of the molecule is CN=C(Nc1ncn(C)c1CNc1ccccc1C)N1CCC(Cn2ccnc2)CC1. The number of anilines is 2. The zero-order valence-electron chi connectivity index (χ0n) is 18.6. The van der Waals surface area contributed by atoms with E-state index in [1.165, 1.54) is 5.56 Å². The first-order chi connectivity index (χ1) is 15.1. The van der Waals surface area contributed by atoms with Crippen molar-refractivity contribution in [3.8, 4) is 0 Å². The lowest BCUT2D eigenvalue weighted by atomic mass is 9.97. The number of piperidine rings is 1. The Bertz CT molecular complexity index is 997. The molecule has 2 aromatic heterocycles. The number of aliphatic imine (C=N–C) groups is 1. The number of imidazole rings is 2. The summed E-state index contributed by atoms with van der Waals surface area (Å²) in [6, 6.07) is 8.32. The van der Waals surface area contributed by atoms with Crippen LogP contribution < -0.4 is 10.6 Å². The number of guanidine groups is 1. The topological polar surface area (TPSA) is 75.3 Å². The molecule has 2 N–H and O–H groups in total. The van der Waals surface area contributed by atoms with Crippen molar-refractivity contribution in [1.82, 2.24) is 24.0 Å². The second-order valence-electron chi connectivity index (χ2n) is 8.18. The first-order valence-corrected chi connectivity index (χ1v) is 10.9. The Hall–Kier alpha value is -3.29. The molecule has 0 spiro atoms. The summed E-state index contributed by atoms with van der Waals surface area (Å²) in [5.41, 5.74) is 3.46. The van der Waals surface area contributed by atoms with Gasteiger partial charge >= 0.3 is 0 Å². The molecule has 0 radical (unpaired) electrons. The fraction of sp³-hybridized carbons (Fsp3) is 0.435. The van der Waals surface area contributed by atoms with Crippen LogP contribution in [0, 0.1) is 12.8 Å². The van der Waals surface area contributed by atoms with Crippen molar-refractivity contribution >= 4 is 17.5 Å². The van der Waals surface area contributed by atoms with Crippen LogP contribution >= 0.6 is 0 Å². The van der Waals surface area contributed by atoms with Crippen molar-refractivity contribution in [1.29, 1.82) is 0 Å². The highest BCUT2D eigenvalue weighted by Gasteiger charge is 2.23. The summed E-state index contributed by atoms with van der Waals surface area (Å²) in [6.07, 6.45) is 9.92. The third kappa shape index (κ3) is 5.07. The predicted molar refractivity (Wildman–Crippen MR) is 125 cm³/mol. The molecular weight excluding hydrogens is 388 g/mol. The fourth-order valence-corrected chi connectivity index (χ4v) is 4.12. The monoisotopic (exact) mass is 420 g/mol. The molecule has 0 unspecified atom stereocenters. The highest BCUT2D eigenvalue weighted by molar-refractivity contribution is 5.93. The van der Waals surface area contributed by atoms with Crippen molar-refractivity contribution in [2.24, 2.45) is 18.0 Å². The van der Waals surface area contributed by atoms with Crippen LogP contribution in [0.15, 0.2) is 54.3 Å². The van der Waals surface area contributed by atoms with Gasteiger partial charge in [0.05, 0.1) is 24.9 Å². The molecule has 1 fully saturated rings. The Kier molecular flexibility index (Phi) is 6.54. The molecule has 1 aliphatic heterocycles. The van der Waals surface area contributed by atoms with Crippen LogP contribution in [0.5, 0.6) is 0 Å². The van der Waals surface area contributed by atoms with Crippen molar-refractivity contribution in [3.05, 3.63) is 60.6 Å². The summed E-state index contributed by atoms with van der Waals surface area (Å²) in [4.78, 5) is 15.6. The summed E-state index contributed by atoms with van der Waals surface area (Å²) < 4.78 is 4.23. The third-order valence-electron chi connectivity index (χ3n) is 6.03. The number of likely N-dealkylation sites (tertiary alicyclic amines) is 1. The van der Waals surface area contributed by atoms with E-state index in [-0.39, 0.29) is 0 Å². The molecule has 0 aliphatic carbocycles. The number of rotatable bonds is 6. The number of aromatic nitrogens is 4. The Morgan fingerprint density at radius 2 is 2.00 bits per heavy atom. The minimum absolute atomic E-state index is 0.673. The lowest BCUT2D eigenvalue weighted by Crippen LogP contribution is -2.43. The van der Waals surface area contributed by atoms with Crippen LogP contribution in [0.25, 0.3) is 0 Å². The highest BCUT2D eigenvalue weighted by atomic mass is 15.3. The van der Waals surface area contributed by atoms with Crippen LogP contribution in [-0.2, 0) is 20.1 Å². The van der Waals surface area contributed by atoms with Crippen molar-refractivity contribution in [3.63, 3.8) is 0 Å². The van der Waals surface area contributed by atoms with Gasteiger partial charge in [-0.3, -0.25) is 4.99 Å². The lowest BCUT2D eigenvalue weighted by Gasteiger charge is -2.34. The minimum atomic E-state index is 0.673. The largest absolute Gasteiger partial charge is 0.379 e. The summed E-state index contributed by atoms with van der Waals surface area (Å²) >= 11 is 0. The van der Waals surface area contributed by atoms with Crippen molar-refractivity contribution in [2.75, 3.05) is 30.8 Å². The normalized spacial score (nSPS) is 15.3. The molecule has 8 heteroatoms. The Morgan fingerprint density at radius 1 is 1.19 bits per heavy atom. The van der Waals surface area contributed by atoms with Crippen LogP contribution in [0.1, 0.15) is 24.1 Å². The van der Waals surface area contributed by atoms with Gasteiger partial charge in [-0.15, -0.1) is 0 Å². The molecule has 164 valence electrons. The molecule has 0 saturated carbocycles. The summed E-state index contributed by atoms with van der Waals surface area (Å²) in [5.74, 6) is 2.41. The maximum atomic E-state index is 4.59. The molecule has 1 aliphatic rings. The summed E-state index contributed by atoms with van der Waals surface area (Å²) in [7, 11) is 3.87. The van der Waals surface area contributed by atoms with E-state index < -0.39 is 0 Å². The average molecular weight is 421 g/mol. The van der Waals surface area contributed by atoms with E-state index in [2.05, 4.69) is 70.8 Å². The van der Waals surface area contributed by atoms with E-state index in [0.29, 0.717) is 12.5 Å². The van der Waals surface area contributed by atoms with E-state index in [9.17, 15) is 0 Å². The number of nitrogens with zero attached hydrogens (tertiary/aromatic N) is 6. The van der Waals surface area contributed by atoms with E-state index in [1.54, 1.807) is 0 Å². The van der Waals surface area contributed by atoms with E-state index in [0.717, 1.165) is 55.6 Å². The van der Waals surface area contributed by atoms with Gasteiger partial charge in [-0.05, 0) is 37.3 Å². The summed E-state index contributed by atoms with van der Waals surface area (Å²) in [5, 5.41) is 7.02. The number of nitrogens with one attached hydrogen (secondary N) is 2. The zero-order valence-corrected chi connectivity index (χ0v) is 18.6. The van der Waals surface area contributed by atoms with Gasteiger partial charge in [-0.25, -0.2) is 9.97 Å². The second-order valence-corrected chi connectivity index (χ2v) is 8.18. The molecule has 0 atom stereocenters. The lowest BCUT2D eigenvalue weighted by molar-refractivity contribution is 0.245. The number of hydrogen-bond acceptors (Lipinski definition) is 4. The predicted octanol–water partition coefficient (Wildman–Crippen LogP) is 3.35. The van der Waals surface area contributed by atoms with Crippen molar-refractivity contribution in [2.45, 2.75) is 32.9 Å². The quantitative estimate of drug-likeness (QED) is 0.473. The number of para-hydroxylation sites is 1. The zero-order chi connectivity index (χ0) is 21.6. The smallest absolute Gasteiger partial charge is 0.199 e. The maximum absolute atomic E-state index is 4.59. The van der Waals surface area contributed by atoms with Gasteiger partial charge in [0.2, 0.25) is 0 Å². The minimum Gasteiger partial charge on any atom is -0.379 e. The molecule has 31 heavy (non-hydrogen) atoms. The molecule has 4 rings (SSSR count). The molecule has 0 amide bonds. The van der Waals surface area contributed by atoms with Crippen LogP contribution in [0.3, 0.4) is 0 Å². The first kappa shape index (κ1) is 21.0. The van der Waals surface area contributed by atoms with Crippen molar-refractivity contribution < 1.29 is 0 Å². The average Bonchev–Trinajstić information content (AvgIpc) is 3.42. The Labute approximate surface area is 184 Å². The van der Waals surface area contributed by atoms with E-state index in [4.69, 9.17) is 0 Å². The highest BCUT2D eigenvalue weighted by Crippen LogP contribution is 2.22. The molecule has 0 bridgehead atoms. The van der Waals surface area contributed by atoms with E-state index in [1.807, 2.05) is 39.1 Å². The van der Waals surface area contributed by atoms with Gasteiger partial charge in [-0.1, -0.05) is 18.2 Å². The summed E-state index contributed by atoms with van der Waals surface area (Å²) in [6.45, 7) is 5.82. The third-order valence-corrected chi connectivity index (χ3v) is 6.03. The first-order valence-electron chi connectivity index (χ1n) is 10.9. The molecule has 1 saturated heterocycles. The maximum Gasteiger partial charge on any atom is 0.199 e. The number of aryl methyl sites for hydroxylation is 2. The van der Waals surface area contributed by atoms with Gasteiger partial charge in [-0.2, -0.15) is 0 Å². The molecule has 1 aromatic carbocycles. The van der Waals surface area contributed by atoms with Gasteiger partial charge in [0.25, 0.3) is 0 Å². The van der Waals surface area contributed by atoms with Gasteiger partial charge in [0.1, 0.15) is 0 Å². The van der Waals surface area contributed by atoms with Gasteiger partial charge in [0.15, 0.2) is 11.8 Å². The number of benzene rings is 1. The molecular formula is C23H32N8. The molecule has 3 heterocycles. The standard InChI is InChI=1S/C23H32N8/c1-18-6-4-5-7-20(18)26-14-21-22(27-17-29(21)3)28-23(24-2)31-11-8-19(9-12-31)15-30-13-10-25-16-30/h4-7,10,13,16-17,19,26H,8-9,11-12,14-15H2,1-3H3,(H,24,28). The Balaban J connectivity index is 1.36. The van der Waals surface area contributed by atoms with Crippen LogP contribution in [-0.4, -0.2) is 50.1 Å². The number of hydrogen-bond donors (Lipinski definition) is 2. The van der Waals surface area contributed by atoms with Crippen LogP contribution in [0.2, 0.25) is 0 Å². The molecule has 8 nitrogen and oxygen atoms in total. The Morgan fingerprint density at radius 3 is 2.71 bits per heavy atom. The van der Waals surface area contributed by atoms with Gasteiger partial charge < -0.3 is 24.7 Å². The van der Waals surface area contributed by atoms with E-state index >= 15 is 0 Å². The molecule has 3 aromatic rings. The van der Waals surface area contributed by atoms with Crippen LogP contribution in [0.4, 0.5) is 11.5 Å². The second kappa shape index (κ2) is 9.68.